The van der Waals surface area contributed by atoms with Gasteiger partial charge in [0.05, 0.1) is 7.11 Å². The Balaban J connectivity index is 1.63. The maximum Gasteiger partial charge on any atom is 0.220 e. The lowest BCUT2D eigenvalue weighted by atomic mass is 9.97. The fraction of sp³-hybridized carbons (Fsp3) is 0.381. The first-order valence-electron chi connectivity index (χ1n) is 8.73. The minimum atomic E-state index is -0.206. The van der Waals surface area contributed by atoms with Crippen molar-refractivity contribution in [3.05, 3.63) is 65.5 Å². The highest BCUT2D eigenvalue weighted by Crippen LogP contribution is 2.21. The van der Waals surface area contributed by atoms with Crippen molar-refractivity contribution in [2.75, 3.05) is 13.7 Å². The van der Waals surface area contributed by atoms with E-state index < -0.39 is 0 Å². The average Bonchev–Trinajstić information content (AvgIpc) is 2.63. The van der Waals surface area contributed by atoms with E-state index in [0.717, 1.165) is 36.1 Å². The zero-order chi connectivity index (χ0) is 18.1. The molecule has 0 spiro atoms. The van der Waals surface area contributed by atoms with Crippen molar-refractivity contribution in [1.29, 1.82) is 0 Å². The molecule has 2 rings (SSSR count). The first kappa shape index (κ1) is 19.0. The number of aryl methyl sites for hydroxylation is 1. The fourth-order valence-electron chi connectivity index (χ4n) is 2.73. The van der Waals surface area contributed by atoms with Gasteiger partial charge in [0.15, 0.2) is 0 Å². The zero-order valence-corrected chi connectivity index (χ0v) is 14.9. The van der Waals surface area contributed by atoms with Crippen molar-refractivity contribution in [3.8, 4) is 5.75 Å². The van der Waals surface area contributed by atoms with Crippen LogP contribution in [0.4, 0.5) is 4.39 Å². The Morgan fingerprint density at radius 3 is 2.40 bits per heavy atom. The van der Waals surface area contributed by atoms with Crippen molar-refractivity contribution in [2.45, 2.75) is 38.5 Å². The number of methoxy groups -OCH3 is 1. The van der Waals surface area contributed by atoms with E-state index in [1.807, 2.05) is 36.4 Å². The normalized spacial score (nSPS) is 11.8. The molecule has 25 heavy (non-hydrogen) atoms. The molecule has 0 fully saturated rings. The second-order valence-electron chi connectivity index (χ2n) is 6.31. The van der Waals surface area contributed by atoms with Crippen LogP contribution in [0.3, 0.4) is 0 Å². The van der Waals surface area contributed by atoms with Crippen LogP contribution >= 0.6 is 0 Å². The molecule has 1 amide bonds. The second kappa shape index (κ2) is 9.82. The van der Waals surface area contributed by atoms with E-state index in [4.69, 9.17) is 4.74 Å². The highest BCUT2D eigenvalue weighted by molar-refractivity contribution is 5.76. The van der Waals surface area contributed by atoms with Gasteiger partial charge in [0, 0.05) is 13.0 Å². The third-order valence-corrected chi connectivity index (χ3v) is 4.30. The van der Waals surface area contributed by atoms with Gasteiger partial charge in [-0.3, -0.25) is 4.79 Å². The maximum absolute atomic E-state index is 12.8. The molecule has 2 aromatic carbocycles. The fourth-order valence-corrected chi connectivity index (χ4v) is 2.73. The van der Waals surface area contributed by atoms with Crippen LogP contribution < -0.4 is 10.1 Å². The molecule has 1 atom stereocenters. The average molecular weight is 343 g/mol. The summed E-state index contributed by atoms with van der Waals surface area (Å²) in [6, 6.07) is 14.4. The standard InChI is InChI=1S/C21H26FNO2/c1-16(18-8-12-20(25-2)13-9-18)15-21(24)23-14-4-3-5-17-6-10-19(22)11-7-17/h6-13,16H,3-5,14-15H2,1-2H3,(H,23,24). The number of rotatable bonds is 9. The van der Waals surface area contributed by atoms with Crippen molar-refractivity contribution < 1.29 is 13.9 Å². The van der Waals surface area contributed by atoms with Crippen LogP contribution in [0.5, 0.6) is 5.75 Å². The van der Waals surface area contributed by atoms with E-state index in [2.05, 4.69) is 12.2 Å². The molecule has 0 radical (unpaired) electrons. The van der Waals surface area contributed by atoms with E-state index in [1.54, 1.807) is 7.11 Å². The number of hydrogen-bond acceptors (Lipinski definition) is 2. The van der Waals surface area contributed by atoms with Gasteiger partial charge < -0.3 is 10.1 Å². The van der Waals surface area contributed by atoms with Crippen molar-refractivity contribution in [3.63, 3.8) is 0 Å². The minimum absolute atomic E-state index is 0.0742. The number of amides is 1. The number of ether oxygens (including phenoxy) is 1. The first-order valence-corrected chi connectivity index (χ1v) is 8.73. The van der Waals surface area contributed by atoms with Gasteiger partial charge in [0.25, 0.3) is 0 Å². The SMILES string of the molecule is COc1ccc(C(C)CC(=O)NCCCCc2ccc(F)cc2)cc1. The van der Waals surface area contributed by atoms with Gasteiger partial charge in [0.1, 0.15) is 11.6 Å². The Labute approximate surface area is 149 Å². The summed E-state index contributed by atoms with van der Waals surface area (Å²) in [6.45, 7) is 2.73. The number of hydrogen-bond donors (Lipinski definition) is 1. The van der Waals surface area contributed by atoms with Gasteiger partial charge >= 0.3 is 0 Å². The molecule has 0 aromatic heterocycles. The summed E-state index contributed by atoms with van der Waals surface area (Å²) in [6.07, 6.45) is 3.27. The van der Waals surface area contributed by atoms with Crippen LogP contribution in [0.15, 0.2) is 48.5 Å². The Morgan fingerprint density at radius 2 is 1.76 bits per heavy atom. The van der Waals surface area contributed by atoms with Gasteiger partial charge in [-0.1, -0.05) is 31.2 Å². The first-order chi connectivity index (χ1) is 12.1. The molecule has 0 saturated carbocycles. The molecule has 0 aliphatic heterocycles. The largest absolute Gasteiger partial charge is 0.497 e. The monoisotopic (exact) mass is 343 g/mol. The highest BCUT2D eigenvalue weighted by Gasteiger charge is 2.11. The quantitative estimate of drug-likeness (QED) is 0.682. The number of unbranched alkanes of at least 4 members (excludes halogenated alkanes) is 1. The Morgan fingerprint density at radius 1 is 1.08 bits per heavy atom. The number of nitrogens with one attached hydrogen (secondary N) is 1. The molecule has 1 unspecified atom stereocenters. The van der Waals surface area contributed by atoms with Crippen molar-refractivity contribution >= 4 is 5.91 Å². The van der Waals surface area contributed by atoms with Gasteiger partial charge in [-0.2, -0.15) is 0 Å². The molecule has 0 aliphatic rings. The van der Waals surface area contributed by atoms with Crippen molar-refractivity contribution in [1.82, 2.24) is 5.32 Å². The van der Waals surface area contributed by atoms with Crippen LogP contribution in [0.1, 0.15) is 43.2 Å². The van der Waals surface area contributed by atoms with E-state index in [0.29, 0.717) is 13.0 Å². The summed E-state index contributed by atoms with van der Waals surface area (Å²) < 4.78 is 18.0. The summed E-state index contributed by atoms with van der Waals surface area (Å²) in [5, 5.41) is 2.98. The summed E-state index contributed by atoms with van der Waals surface area (Å²) in [4.78, 5) is 12.0. The molecule has 4 heteroatoms. The topological polar surface area (TPSA) is 38.3 Å². The summed E-state index contributed by atoms with van der Waals surface area (Å²) in [5.41, 5.74) is 2.26. The molecule has 2 aromatic rings. The molecule has 0 heterocycles. The molecule has 3 nitrogen and oxygen atoms in total. The predicted octanol–water partition coefficient (Wildman–Crippen LogP) is 4.47. The van der Waals surface area contributed by atoms with Crippen LogP contribution in [-0.4, -0.2) is 19.6 Å². The van der Waals surface area contributed by atoms with E-state index in [-0.39, 0.29) is 17.6 Å². The minimum Gasteiger partial charge on any atom is -0.497 e. The number of halogens is 1. The summed E-state index contributed by atoms with van der Waals surface area (Å²) in [7, 11) is 1.64. The Hall–Kier alpha value is -2.36. The van der Waals surface area contributed by atoms with Crippen LogP contribution in [0.2, 0.25) is 0 Å². The molecular weight excluding hydrogens is 317 g/mol. The number of carbonyl (C=O) groups excluding carboxylic acids is 1. The van der Waals surface area contributed by atoms with Crippen LogP contribution in [0.25, 0.3) is 0 Å². The predicted molar refractivity (Wildman–Crippen MR) is 98.4 cm³/mol. The van der Waals surface area contributed by atoms with Gasteiger partial charge in [-0.15, -0.1) is 0 Å². The maximum atomic E-state index is 12.8. The summed E-state index contributed by atoms with van der Waals surface area (Å²) in [5.74, 6) is 0.860. The number of carbonyl (C=O) groups is 1. The second-order valence-corrected chi connectivity index (χ2v) is 6.31. The molecule has 134 valence electrons. The van der Waals surface area contributed by atoms with Gasteiger partial charge in [0.2, 0.25) is 5.91 Å². The molecule has 0 aliphatic carbocycles. The lowest BCUT2D eigenvalue weighted by molar-refractivity contribution is -0.121. The molecule has 0 saturated heterocycles. The van der Waals surface area contributed by atoms with Crippen LogP contribution in [-0.2, 0) is 11.2 Å². The highest BCUT2D eigenvalue weighted by atomic mass is 19.1. The van der Waals surface area contributed by atoms with E-state index in [9.17, 15) is 9.18 Å². The smallest absolute Gasteiger partial charge is 0.220 e. The Bertz CT molecular complexity index is 653. The van der Waals surface area contributed by atoms with Crippen LogP contribution in [0, 0.1) is 5.82 Å². The van der Waals surface area contributed by atoms with Gasteiger partial charge in [-0.05, 0) is 60.6 Å². The van der Waals surface area contributed by atoms with Crippen molar-refractivity contribution in [2.24, 2.45) is 0 Å². The van der Waals surface area contributed by atoms with E-state index >= 15 is 0 Å². The number of benzene rings is 2. The lowest BCUT2D eigenvalue weighted by Gasteiger charge is -2.12. The summed E-state index contributed by atoms with van der Waals surface area (Å²) >= 11 is 0. The third kappa shape index (κ3) is 6.57. The molecule has 0 bridgehead atoms. The lowest BCUT2D eigenvalue weighted by Crippen LogP contribution is -2.25. The molecular formula is C21H26FNO2. The zero-order valence-electron chi connectivity index (χ0n) is 14.9. The van der Waals surface area contributed by atoms with E-state index in [1.165, 1.54) is 12.1 Å². The molecule has 1 N–H and O–H groups in total. The third-order valence-electron chi connectivity index (χ3n) is 4.30. The van der Waals surface area contributed by atoms with Gasteiger partial charge in [-0.25, -0.2) is 4.39 Å². The Kier molecular flexibility index (Phi) is 7.45.